The van der Waals surface area contributed by atoms with E-state index in [1.807, 2.05) is 67.6 Å². The molecule has 0 saturated heterocycles. The average molecular weight is 335 g/mol. The zero-order valence-electron chi connectivity index (χ0n) is 13.2. The van der Waals surface area contributed by atoms with Crippen LogP contribution in [0.4, 0.5) is 0 Å². The zero-order valence-corrected chi connectivity index (χ0v) is 14.0. The number of ether oxygens (including phenoxy) is 1. The molecule has 2 aromatic rings. The van der Waals surface area contributed by atoms with Crippen molar-refractivity contribution in [1.29, 1.82) is 0 Å². The van der Waals surface area contributed by atoms with Crippen LogP contribution < -0.4 is 15.4 Å². The van der Waals surface area contributed by atoms with Crippen LogP contribution in [0.3, 0.4) is 0 Å². The van der Waals surface area contributed by atoms with E-state index in [-0.39, 0.29) is 18.3 Å². The molecular formula is C18H23ClN2O2. The molecular weight excluding hydrogens is 312 g/mol. The lowest BCUT2D eigenvalue weighted by atomic mass is 10.1. The molecule has 4 nitrogen and oxygen atoms in total. The maximum absolute atomic E-state index is 12.4. The van der Waals surface area contributed by atoms with Gasteiger partial charge in [-0.3, -0.25) is 4.79 Å². The van der Waals surface area contributed by atoms with E-state index >= 15 is 0 Å². The van der Waals surface area contributed by atoms with Gasteiger partial charge in [0, 0.05) is 18.7 Å². The SMILES string of the molecule is CCNCCNC(=O)C(Oc1ccccc1)c1ccccc1.Cl. The summed E-state index contributed by atoms with van der Waals surface area (Å²) in [7, 11) is 0. The molecule has 0 radical (unpaired) electrons. The molecule has 0 spiro atoms. The Morgan fingerprint density at radius 1 is 1.00 bits per heavy atom. The van der Waals surface area contributed by atoms with Gasteiger partial charge in [0.1, 0.15) is 5.75 Å². The van der Waals surface area contributed by atoms with Crippen molar-refractivity contribution in [1.82, 2.24) is 10.6 Å². The molecule has 1 atom stereocenters. The summed E-state index contributed by atoms with van der Waals surface area (Å²) in [5.41, 5.74) is 0.840. The maximum atomic E-state index is 12.4. The van der Waals surface area contributed by atoms with Gasteiger partial charge in [-0.15, -0.1) is 12.4 Å². The third kappa shape index (κ3) is 6.30. The fraction of sp³-hybridized carbons (Fsp3) is 0.278. The van der Waals surface area contributed by atoms with Crippen LogP contribution >= 0.6 is 12.4 Å². The molecule has 0 fully saturated rings. The quantitative estimate of drug-likeness (QED) is 0.730. The standard InChI is InChI=1S/C18H22N2O2.ClH/c1-2-19-13-14-20-18(21)17(15-9-5-3-6-10-15)22-16-11-7-4-8-12-16;/h3-12,17,19H,2,13-14H2,1H3,(H,20,21);1H. The molecule has 2 aromatic carbocycles. The van der Waals surface area contributed by atoms with Gasteiger partial charge in [-0.25, -0.2) is 0 Å². The van der Waals surface area contributed by atoms with Crippen molar-refractivity contribution in [2.24, 2.45) is 0 Å². The van der Waals surface area contributed by atoms with Gasteiger partial charge in [-0.1, -0.05) is 55.5 Å². The molecule has 23 heavy (non-hydrogen) atoms. The van der Waals surface area contributed by atoms with Crippen molar-refractivity contribution in [2.45, 2.75) is 13.0 Å². The van der Waals surface area contributed by atoms with Crippen LogP contribution in [0.15, 0.2) is 60.7 Å². The molecule has 0 aromatic heterocycles. The smallest absolute Gasteiger partial charge is 0.265 e. The largest absolute Gasteiger partial charge is 0.476 e. The molecule has 0 bridgehead atoms. The Balaban J connectivity index is 0.00000264. The van der Waals surface area contributed by atoms with Crippen molar-refractivity contribution >= 4 is 18.3 Å². The lowest BCUT2D eigenvalue weighted by Gasteiger charge is -2.19. The van der Waals surface area contributed by atoms with Gasteiger partial charge < -0.3 is 15.4 Å². The molecule has 0 aliphatic carbocycles. The first kappa shape index (κ1) is 19.0. The predicted molar refractivity (Wildman–Crippen MR) is 95.1 cm³/mol. The van der Waals surface area contributed by atoms with Gasteiger partial charge in [-0.2, -0.15) is 0 Å². The molecule has 0 heterocycles. The summed E-state index contributed by atoms with van der Waals surface area (Å²) < 4.78 is 5.89. The maximum Gasteiger partial charge on any atom is 0.265 e. The van der Waals surface area contributed by atoms with Crippen LogP contribution in [-0.2, 0) is 4.79 Å². The summed E-state index contributed by atoms with van der Waals surface area (Å²) in [6.07, 6.45) is -0.648. The van der Waals surface area contributed by atoms with Crippen molar-refractivity contribution in [3.8, 4) is 5.75 Å². The average Bonchev–Trinajstić information content (AvgIpc) is 2.58. The summed E-state index contributed by atoms with van der Waals surface area (Å²) >= 11 is 0. The third-order valence-electron chi connectivity index (χ3n) is 3.19. The second kappa shape index (κ2) is 10.6. The molecule has 0 saturated carbocycles. The van der Waals surface area contributed by atoms with E-state index in [1.165, 1.54) is 0 Å². The molecule has 5 heteroatoms. The van der Waals surface area contributed by atoms with Crippen molar-refractivity contribution in [3.63, 3.8) is 0 Å². The normalized spacial score (nSPS) is 11.2. The Morgan fingerprint density at radius 2 is 1.61 bits per heavy atom. The minimum Gasteiger partial charge on any atom is -0.476 e. The number of benzene rings is 2. The van der Waals surface area contributed by atoms with Gasteiger partial charge >= 0.3 is 0 Å². The number of likely N-dealkylation sites (N-methyl/N-ethyl adjacent to an activating group) is 1. The molecule has 1 amide bonds. The summed E-state index contributed by atoms with van der Waals surface area (Å²) in [4.78, 5) is 12.4. The summed E-state index contributed by atoms with van der Waals surface area (Å²) in [5, 5.41) is 6.09. The highest BCUT2D eigenvalue weighted by atomic mass is 35.5. The molecule has 1 unspecified atom stereocenters. The van der Waals surface area contributed by atoms with E-state index < -0.39 is 6.10 Å². The van der Waals surface area contributed by atoms with E-state index in [1.54, 1.807) is 0 Å². The van der Waals surface area contributed by atoms with Crippen LogP contribution in [0.2, 0.25) is 0 Å². The second-order valence-electron chi connectivity index (χ2n) is 4.87. The first-order chi connectivity index (χ1) is 10.8. The lowest BCUT2D eigenvalue weighted by molar-refractivity contribution is -0.128. The number of carbonyl (C=O) groups excluding carboxylic acids is 1. The van der Waals surface area contributed by atoms with E-state index in [0.29, 0.717) is 12.3 Å². The Hall–Kier alpha value is -2.04. The number of rotatable bonds is 8. The van der Waals surface area contributed by atoms with Crippen LogP contribution in [0, 0.1) is 0 Å². The van der Waals surface area contributed by atoms with E-state index in [2.05, 4.69) is 10.6 Å². The van der Waals surface area contributed by atoms with Crippen molar-refractivity contribution in [2.75, 3.05) is 19.6 Å². The monoisotopic (exact) mass is 334 g/mol. The van der Waals surface area contributed by atoms with Crippen LogP contribution in [0.5, 0.6) is 5.75 Å². The lowest BCUT2D eigenvalue weighted by Crippen LogP contribution is -2.36. The molecule has 2 rings (SSSR count). The van der Waals surface area contributed by atoms with Crippen LogP contribution in [0.25, 0.3) is 0 Å². The summed E-state index contributed by atoms with van der Waals surface area (Å²) in [6.45, 7) is 4.24. The predicted octanol–water partition coefficient (Wildman–Crippen LogP) is 2.95. The van der Waals surface area contributed by atoms with Gasteiger partial charge in [0.25, 0.3) is 5.91 Å². The van der Waals surface area contributed by atoms with Gasteiger partial charge in [-0.05, 0) is 18.7 Å². The zero-order chi connectivity index (χ0) is 15.6. The number of para-hydroxylation sites is 1. The highest BCUT2D eigenvalue weighted by Gasteiger charge is 2.22. The topological polar surface area (TPSA) is 50.4 Å². The fourth-order valence-corrected chi connectivity index (χ4v) is 2.08. The highest BCUT2D eigenvalue weighted by Crippen LogP contribution is 2.21. The number of nitrogens with one attached hydrogen (secondary N) is 2. The second-order valence-corrected chi connectivity index (χ2v) is 4.87. The van der Waals surface area contributed by atoms with E-state index in [0.717, 1.165) is 18.7 Å². The van der Waals surface area contributed by atoms with Crippen molar-refractivity contribution in [3.05, 3.63) is 66.2 Å². The van der Waals surface area contributed by atoms with Crippen molar-refractivity contribution < 1.29 is 9.53 Å². The van der Waals surface area contributed by atoms with Gasteiger partial charge in [0.2, 0.25) is 6.10 Å². The summed E-state index contributed by atoms with van der Waals surface area (Å²) in [5.74, 6) is 0.547. The van der Waals surface area contributed by atoms with Gasteiger partial charge in [0.05, 0.1) is 0 Å². The number of carbonyl (C=O) groups is 1. The summed E-state index contributed by atoms with van der Waals surface area (Å²) in [6, 6.07) is 18.9. The molecule has 2 N–H and O–H groups in total. The first-order valence-corrected chi connectivity index (χ1v) is 7.56. The molecule has 0 aliphatic rings. The highest BCUT2D eigenvalue weighted by molar-refractivity contribution is 5.85. The van der Waals surface area contributed by atoms with E-state index in [9.17, 15) is 4.79 Å². The molecule has 0 aliphatic heterocycles. The minimum absolute atomic E-state index is 0. The Bertz CT molecular complexity index is 564. The Kier molecular flexibility index (Phi) is 8.80. The Labute approximate surface area is 143 Å². The third-order valence-corrected chi connectivity index (χ3v) is 3.19. The van der Waals surface area contributed by atoms with E-state index in [4.69, 9.17) is 4.74 Å². The number of amides is 1. The number of hydrogen-bond acceptors (Lipinski definition) is 3. The van der Waals surface area contributed by atoms with Crippen LogP contribution in [0.1, 0.15) is 18.6 Å². The Morgan fingerprint density at radius 3 is 2.22 bits per heavy atom. The first-order valence-electron chi connectivity index (χ1n) is 7.56. The fourth-order valence-electron chi connectivity index (χ4n) is 2.08. The molecule has 124 valence electrons. The van der Waals surface area contributed by atoms with Crippen LogP contribution in [-0.4, -0.2) is 25.5 Å². The van der Waals surface area contributed by atoms with Gasteiger partial charge in [0.15, 0.2) is 0 Å². The number of halogens is 1. The number of hydrogen-bond donors (Lipinski definition) is 2. The minimum atomic E-state index is -0.648.